The predicted octanol–water partition coefficient (Wildman–Crippen LogP) is 3.43. The summed E-state index contributed by atoms with van der Waals surface area (Å²) in [5.41, 5.74) is 5.94. The fourth-order valence-corrected chi connectivity index (χ4v) is 4.26. The Hall–Kier alpha value is -3.44. The van der Waals surface area contributed by atoms with Gasteiger partial charge in [0.25, 0.3) is 0 Å². The number of carbonyl (C=O) groups excluding carboxylic acids is 4. The number of thiophene rings is 1. The second-order valence-corrected chi connectivity index (χ2v) is 9.34. The summed E-state index contributed by atoms with van der Waals surface area (Å²) in [5.74, 6) is -1.08. The number of rotatable bonds is 10. The number of hydrogen-bond acceptors (Lipinski definition) is 6. The Kier molecular flexibility index (Phi) is 14.7. The topological polar surface area (TPSA) is 163 Å². The standard InChI is InChI=1S/C21H25N3O4S.C4H10N2O.C2H6/c1-14(16-7-10-29-13-16)23-20(28)21(8-2-9-21)19(27)22-11-18(26)24-17-5-3-15(12-25)4-6-17;1-2-3-6-4(5)7;1-2/h3-7,10,13-14,25H,2,8-9,11-12H2,1H3,(H,22,27)(H,23,28)(H,24,26);2-3H2,1H3,(H3,5,6,7);1-2H3. The number of anilines is 1. The van der Waals surface area contributed by atoms with Gasteiger partial charge in [0.05, 0.1) is 19.2 Å². The Morgan fingerprint density at radius 2 is 1.71 bits per heavy atom. The lowest BCUT2D eigenvalue weighted by Gasteiger charge is -2.39. The molecule has 1 atom stereocenters. The van der Waals surface area contributed by atoms with E-state index in [1.807, 2.05) is 44.5 Å². The van der Waals surface area contributed by atoms with E-state index in [-0.39, 0.29) is 31.0 Å². The Balaban J connectivity index is 0.000000696. The van der Waals surface area contributed by atoms with Crippen LogP contribution in [0, 0.1) is 5.41 Å². The quantitative estimate of drug-likeness (QED) is 0.251. The van der Waals surface area contributed by atoms with E-state index >= 15 is 0 Å². The summed E-state index contributed by atoms with van der Waals surface area (Å²) in [6.07, 6.45) is 2.69. The van der Waals surface area contributed by atoms with Crippen LogP contribution in [0.4, 0.5) is 10.5 Å². The monoisotopic (exact) mass is 547 g/mol. The Morgan fingerprint density at radius 3 is 2.16 bits per heavy atom. The molecule has 1 fully saturated rings. The first-order chi connectivity index (χ1) is 18.2. The van der Waals surface area contributed by atoms with Crippen LogP contribution in [0.3, 0.4) is 0 Å². The van der Waals surface area contributed by atoms with E-state index in [1.54, 1.807) is 35.6 Å². The van der Waals surface area contributed by atoms with Crippen molar-refractivity contribution in [2.24, 2.45) is 11.1 Å². The van der Waals surface area contributed by atoms with Crippen molar-refractivity contribution < 1.29 is 24.3 Å². The van der Waals surface area contributed by atoms with Crippen molar-refractivity contribution in [2.75, 3.05) is 18.4 Å². The number of primary amides is 1. The molecule has 0 saturated heterocycles. The lowest BCUT2D eigenvalue weighted by atomic mass is 9.67. The van der Waals surface area contributed by atoms with Gasteiger partial charge in [-0.3, -0.25) is 14.4 Å². The van der Waals surface area contributed by atoms with Gasteiger partial charge in [-0.15, -0.1) is 0 Å². The predicted molar refractivity (Wildman–Crippen MR) is 150 cm³/mol. The Morgan fingerprint density at radius 1 is 1.05 bits per heavy atom. The summed E-state index contributed by atoms with van der Waals surface area (Å²) in [5, 5.41) is 23.6. The third kappa shape index (κ3) is 10.1. The zero-order valence-corrected chi connectivity index (χ0v) is 23.5. The minimum Gasteiger partial charge on any atom is -0.392 e. The van der Waals surface area contributed by atoms with Crippen LogP contribution in [0.5, 0.6) is 0 Å². The van der Waals surface area contributed by atoms with Crippen LogP contribution < -0.4 is 27.0 Å². The van der Waals surface area contributed by atoms with Gasteiger partial charge >= 0.3 is 6.03 Å². The second-order valence-electron chi connectivity index (χ2n) is 8.56. The van der Waals surface area contributed by atoms with E-state index in [4.69, 9.17) is 10.8 Å². The van der Waals surface area contributed by atoms with Crippen LogP contribution >= 0.6 is 11.3 Å². The molecule has 1 aromatic carbocycles. The number of benzene rings is 1. The number of carbonyl (C=O) groups is 4. The lowest BCUT2D eigenvalue weighted by Crippen LogP contribution is -2.56. The van der Waals surface area contributed by atoms with E-state index in [1.165, 1.54) is 0 Å². The normalized spacial score (nSPS) is 13.6. The van der Waals surface area contributed by atoms with Crippen molar-refractivity contribution in [3.8, 4) is 0 Å². The maximum absolute atomic E-state index is 12.8. The summed E-state index contributed by atoms with van der Waals surface area (Å²) in [7, 11) is 0. The smallest absolute Gasteiger partial charge is 0.312 e. The molecular formula is C27H41N5O5S. The fourth-order valence-electron chi connectivity index (χ4n) is 3.50. The van der Waals surface area contributed by atoms with E-state index in [2.05, 4.69) is 21.3 Å². The minimum absolute atomic E-state index is 0.0700. The number of hydrogen-bond donors (Lipinski definition) is 6. The van der Waals surface area contributed by atoms with Crippen LogP contribution in [0.25, 0.3) is 0 Å². The van der Waals surface area contributed by atoms with Gasteiger partial charge in [-0.1, -0.05) is 39.3 Å². The lowest BCUT2D eigenvalue weighted by molar-refractivity contribution is -0.150. The Labute approximate surface area is 228 Å². The Bertz CT molecular complexity index is 1010. The zero-order chi connectivity index (χ0) is 28.6. The molecule has 0 radical (unpaired) electrons. The van der Waals surface area contributed by atoms with Crippen LogP contribution in [0.15, 0.2) is 41.1 Å². The van der Waals surface area contributed by atoms with Crippen molar-refractivity contribution >= 4 is 40.8 Å². The molecule has 1 aliphatic carbocycles. The highest BCUT2D eigenvalue weighted by atomic mass is 32.1. The van der Waals surface area contributed by atoms with Crippen molar-refractivity contribution in [3.05, 3.63) is 52.2 Å². The average Bonchev–Trinajstić information content (AvgIpc) is 3.43. The highest BCUT2D eigenvalue weighted by molar-refractivity contribution is 7.08. The number of aliphatic hydroxyl groups excluding tert-OH is 1. The SMILES string of the molecule is CC.CC(NC(=O)C1(C(=O)NCC(=O)Nc2ccc(CO)cc2)CCC1)c1ccsc1.CCCNC(N)=O. The summed E-state index contributed by atoms with van der Waals surface area (Å²) < 4.78 is 0. The molecule has 10 nitrogen and oxygen atoms in total. The first-order valence-corrected chi connectivity index (χ1v) is 13.8. The maximum Gasteiger partial charge on any atom is 0.312 e. The zero-order valence-electron chi connectivity index (χ0n) is 22.6. The van der Waals surface area contributed by atoms with Crippen molar-refractivity contribution in [2.45, 2.75) is 66.0 Å². The van der Waals surface area contributed by atoms with Gasteiger partial charge in [-0.2, -0.15) is 11.3 Å². The molecule has 1 aromatic heterocycles. The van der Waals surface area contributed by atoms with Gasteiger partial charge in [0.15, 0.2) is 0 Å². The molecule has 11 heteroatoms. The third-order valence-electron chi connectivity index (χ3n) is 5.85. The molecule has 1 heterocycles. The second kappa shape index (κ2) is 17.1. The van der Waals surface area contributed by atoms with Crippen molar-refractivity contribution in [3.63, 3.8) is 0 Å². The van der Waals surface area contributed by atoms with Crippen LogP contribution in [-0.4, -0.2) is 41.9 Å². The van der Waals surface area contributed by atoms with E-state index in [9.17, 15) is 19.2 Å². The molecule has 210 valence electrons. The molecule has 0 spiro atoms. The fraction of sp³-hybridized carbons (Fsp3) is 0.481. The van der Waals surface area contributed by atoms with E-state index < -0.39 is 17.4 Å². The highest BCUT2D eigenvalue weighted by Crippen LogP contribution is 2.42. The van der Waals surface area contributed by atoms with E-state index in [0.717, 1.165) is 24.0 Å². The van der Waals surface area contributed by atoms with Gasteiger partial charge in [0.1, 0.15) is 5.41 Å². The molecule has 1 saturated carbocycles. The first kappa shape index (κ1) is 32.6. The number of nitrogens with one attached hydrogen (secondary N) is 4. The van der Waals surface area contributed by atoms with Crippen LogP contribution in [-0.2, 0) is 21.0 Å². The number of amides is 5. The number of aliphatic hydroxyl groups is 1. The molecule has 2 aromatic rings. The van der Waals surface area contributed by atoms with Gasteiger partial charge in [0.2, 0.25) is 17.7 Å². The third-order valence-corrected chi connectivity index (χ3v) is 6.55. The van der Waals surface area contributed by atoms with Gasteiger partial charge < -0.3 is 32.1 Å². The van der Waals surface area contributed by atoms with Crippen molar-refractivity contribution in [1.82, 2.24) is 16.0 Å². The highest BCUT2D eigenvalue weighted by Gasteiger charge is 2.51. The molecule has 1 unspecified atom stereocenters. The molecule has 0 aliphatic heterocycles. The first-order valence-electron chi connectivity index (χ1n) is 12.9. The van der Waals surface area contributed by atoms with Crippen LogP contribution in [0.1, 0.15) is 70.5 Å². The molecular weight excluding hydrogens is 506 g/mol. The van der Waals surface area contributed by atoms with Gasteiger partial charge in [-0.25, -0.2) is 4.79 Å². The number of urea groups is 1. The van der Waals surface area contributed by atoms with E-state index in [0.29, 0.717) is 25.1 Å². The van der Waals surface area contributed by atoms with Crippen LogP contribution in [0.2, 0.25) is 0 Å². The van der Waals surface area contributed by atoms with Gasteiger partial charge in [0, 0.05) is 12.2 Å². The average molecular weight is 548 g/mol. The summed E-state index contributed by atoms with van der Waals surface area (Å²) in [4.78, 5) is 47.5. The summed E-state index contributed by atoms with van der Waals surface area (Å²) in [6.45, 7) is 8.25. The molecule has 1 aliphatic rings. The maximum atomic E-state index is 12.8. The number of nitrogens with two attached hydrogens (primary N) is 1. The van der Waals surface area contributed by atoms with Gasteiger partial charge in [-0.05, 0) is 66.3 Å². The molecule has 0 bridgehead atoms. The molecule has 3 rings (SSSR count). The molecule has 38 heavy (non-hydrogen) atoms. The molecule has 7 N–H and O–H groups in total. The minimum atomic E-state index is -1.10. The van der Waals surface area contributed by atoms with Crippen molar-refractivity contribution in [1.29, 1.82) is 0 Å². The summed E-state index contributed by atoms with van der Waals surface area (Å²) >= 11 is 1.56. The summed E-state index contributed by atoms with van der Waals surface area (Å²) in [6, 6.07) is 8.09. The molecule has 5 amide bonds. The largest absolute Gasteiger partial charge is 0.392 e.